The Kier molecular flexibility index (Phi) is 11.9. The number of amides is 1. The second-order valence-corrected chi connectivity index (χ2v) is 8.02. The number of hydrogen-bond donors (Lipinski definition) is 5. The highest BCUT2D eigenvalue weighted by Crippen LogP contribution is 2.15. The standard InChI is InChI=1S/C17H25N3O3S2.O2S/c1-25-6-5-15(17(22)23)20-16(21)11-3-2-4-12(7-11)18-9-13-8-14(24)10-19-13;1-3-2/h2-4,7,13-15,18-19,24H,5-6,8-10H2,1H3,(H,20,21)(H,22,23);/t13-,14?,15?;/m0./s1. The molecular formula is C17H25N3O5S3. The van der Waals surface area contributed by atoms with E-state index < -0.39 is 23.6 Å². The molecule has 1 fully saturated rings. The van der Waals surface area contributed by atoms with Gasteiger partial charge in [-0.15, -0.1) is 0 Å². The van der Waals surface area contributed by atoms with Crippen LogP contribution in [-0.4, -0.2) is 67.8 Å². The van der Waals surface area contributed by atoms with Crippen LogP contribution in [0.25, 0.3) is 0 Å². The van der Waals surface area contributed by atoms with Gasteiger partial charge < -0.3 is 21.1 Å². The summed E-state index contributed by atoms with van der Waals surface area (Å²) in [4.78, 5) is 23.6. The Morgan fingerprint density at radius 1 is 1.39 bits per heavy atom. The van der Waals surface area contributed by atoms with Crippen molar-refractivity contribution in [2.45, 2.75) is 30.2 Å². The number of carbonyl (C=O) groups excluding carboxylic acids is 1. The molecule has 8 nitrogen and oxygen atoms in total. The molecule has 11 heteroatoms. The maximum Gasteiger partial charge on any atom is 0.335 e. The first-order valence-corrected chi connectivity index (χ1v) is 11.2. The van der Waals surface area contributed by atoms with E-state index in [0.29, 0.717) is 29.0 Å². The van der Waals surface area contributed by atoms with Crippen molar-refractivity contribution in [3.63, 3.8) is 0 Å². The molecule has 0 bridgehead atoms. The Balaban J connectivity index is 0.00000122. The summed E-state index contributed by atoms with van der Waals surface area (Å²) in [6, 6.07) is 6.61. The van der Waals surface area contributed by atoms with Crippen LogP contribution in [0.1, 0.15) is 23.2 Å². The predicted molar refractivity (Wildman–Crippen MR) is 115 cm³/mol. The minimum atomic E-state index is -1.01. The molecule has 156 valence electrons. The van der Waals surface area contributed by atoms with Crippen LogP contribution >= 0.6 is 24.4 Å². The van der Waals surface area contributed by atoms with Crippen LogP contribution in [0.15, 0.2) is 24.3 Å². The van der Waals surface area contributed by atoms with E-state index in [1.165, 1.54) is 0 Å². The summed E-state index contributed by atoms with van der Waals surface area (Å²) >= 11 is 5.26. The van der Waals surface area contributed by atoms with E-state index >= 15 is 0 Å². The average Bonchev–Trinajstić information content (AvgIpc) is 3.09. The highest BCUT2D eigenvalue weighted by molar-refractivity contribution is 7.98. The molecule has 0 saturated carbocycles. The van der Waals surface area contributed by atoms with E-state index in [4.69, 9.17) is 8.42 Å². The predicted octanol–water partition coefficient (Wildman–Crippen LogP) is 1.02. The van der Waals surface area contributed by atoms with Crippen LogP contribution in [-0.2, 0) is 16.4 Å². The Morgan fingerprint density at radius 2 is 2.11 bits per heavy atom. The molecule has 4 N–H and O–H groups in total. The molecule has 1 saturated heterocycles. The SMILES string of the molecule is CSCCC(NC(=O)c1cccc(NC[C@@H]2CC(S)CN2)c1)C(=O)O.O=S=O. The number of aliphatic carboxylic acids is 1. The molecule has 1 aliphatic heterocycles. The van der Waals surface area contributed by atoms with Gasteiger partial charge in [-0.3, -0.25) is 4.79 Å². The summed E-state index contributed by atoms with van der Waals surface area (Å²) in [5.74, 6) is -0.698. The first kappa shape index (κ1) is 24.5. The van der Waals surface area contributed by atoms with Crippen molar-refractivity contribution < 1.29 is 23.1 Å². The Bertz CT molecular complexity index is 686. The van der Waals surface area contributed by atoms with Gasteiger partial charge in [-0.2, -0.15) is 32.8 Å². The van der Waals surface area contributed by atoms with Crippen molar-refractivity contribution in [1.82, 2.24) is 10.6 Å². The molecular weight excluding hydrogens is 422 g/mol. The maximum atomic E-state index is 12.3. The van der Waals surface area contributed by atoms with Gasteiger partial charge in [0, 0.05) is 35.6 Å². The van der Waals surface area contributed by atoms with E-state index in [2.05, 4.69) is 28.6 Å². The lowest BCUT2D eigenvalue weighted by Gasteiger charge is -2.15. The van der Waals surface area contributed by atoms with E-state index in [1.54, 1.807) is 30.0 Å². The second kappa shape index (κ2) is 13.6. The Morgan fingerprint density at radius 3 is 2.68 bits per heavy atom. The number of carboxylic acid groups (broad SMARTS) is 1. The molecule has 1 amide bonds. The molecule has 1 aliphatic rings. The summed E-state index contributed by atoms with van der Waals surface area (Å²) in [6.45, 7) is 1.66. The minimum Gasteiger partial charge on any atom is -0.480 e. The van der Waals surface area contributed by atoms with Crippen LogP contribution in [0.3, 0.4) is 0 Å². The molecule has 0 aromatic heterocycles. The fourth-order valence-electron chi connectivity index (χ4n) is 2.70. The number of anilines is 1. The number of rotatable bonds is 9. The van der Waals surface area contributed by atoms with Gasteiger partial charge >= 0.3 is 17.5 Å². The van der Waals surface area contributed by atoms with E-state index in [9.17, 15) is 14.7 Å². The third kappa shape index (κ3) is 9.09. The zero-order valence-electron chi connectivity index (χ0n) is 15.4. The van der Waals surface area contributed by atoms with Crippen LogP contribution in [0, 0.1) is 0 Å². The van der Waals surface area contributed by atoms with Crippen molar-refractivity contribution in [2.75, 3.05) is 30.4 Å². The van der Waals surface area contributed by atoms with Gasteiger partial charge in [0.15, 0.2) is 0 Å². The summed E-state index contributed by atoms with van der Waals surface area (Å²) in [6.07, 6.45) is 3.31. The normalized spacial score (nSPS) is 19.1. The van der Waals surface area contributed by atoms with Crippen LogP contribution in [0.2, 0.25) is 0 Å². The van der Waals surface area contributed by atoms with Gasteiger partial charge in [-0.05, 0) is 43.0 Å². The zero-order chi connectivity index (χ0) is 20.9. The summed E-state index contributed by atoms with van der Waals surface area (Å²) in [7, 11) is 0. The van der Waals surface area contributed by atoms with Gasteiger partial charge in [0.2, 0.25) is 0 Å². The Hall–Kier alpha value is -1.56. The largest absolute Gasteiger partial charge is 0.480 e. The maximum absolute atomic E-state index is 12.3. The average molecular weight is 448 g/mol. The molecule has 1 aromatic rings. The molecule has 0 radical (unpaired) electrons. The number of carboxylic acids is 1. The highest BCUT2D eigenvalue weighted by atomic mass is 32.2. The van der Waals surface area contributed by atoms with Gasteiger partial charge in [-0.25, -0.2) is 4.79 Å². The van der Waals surface area contributed by atoms with Gasteiger partial charge in [0.05, 0.1) is 0 Å². The lowest BCUT2D eigenvalue weighted by molar-refractivity contribution is -0.139. The third-order valence-electron chi connectivity index (χ3n) is 4.09. The first-order chi connectivity index (χ1) is 13.4. The molecule has 3 atom stereocenters. The summed E-state index contributed by atoms with van der Waals surface area (Å²) in [5.41, 5.74) is 1.29. The number of benzene rings is 1. The van der Waals surface area contributed by atoms with Crippen molar-refractivity contribution >= 4 is 53.5 Å². The highest BCUT2D eigenvalue weighted by Gasteiger charge is 2.22. The van der Waals surface area contributed by atoms with Crippen LogP contribution in [0.5, 0.6) is 0 Å². The molecule has 0 spiro atoms. The van der Waals surface area contributed by atoms with Crippen molar-refractivity contribution in [3.05, 3.63) is 29.8 Å². The molecule has 28 heavy (non-hydrogen) atoms. The van der Waals surface area contributed by atoms with E-state index in [1.807, 2.05) is 12.3 Å². The smallest absolute Gasteiger partial charge is 0.335 e. The Labute approximate surface area is 177 Å². The van der Waals surface area contributed by atoms with Gasteiger partial charge in [0.1, 0.15) is 6.04 Å². The van der Waals surface area contributed by atoms with Gasteiger partial charge in [0.25, 0.3) is 5.91 Å². The fraction of sp³-hybridized carbons (Fsp3) is 0.529. The minimum absolute atomic E-state index is 0.364. The summed E-state index contributed by atoms with van der Waals surface area (Å²) < 4.78 is 16.6. The monoisotopic (exact) mass is 447 g/mol. The van der Waals surface area contributed by atoms with Crippen molar-refractivity contribution in [3.8, 4) is 0 Å². The lowest BCUT2D eigenvalue weighted by atomic mass is 10.1. The van der Waals surface area contributed by atoms with Gasteiger partial charge in [-0.1, -0.05) is 6.07 Å². The number of thiol groups is 1. The number of thioether (sulfide) groups is 1. The molecule has 1 aromatic carbocycles. The van der Waals surface area contributed by atoms with Crippen LogP contribution in [0.4, 0.5) is 5.69 Å². The first-order valence-electron chi connectivity index (χ1n) is 8.61. The second-order valence-electron chi connectivity index (χ2n) is 6.17. The number of nitrogens with one attached hydrogen (secondary N) is 3. The number of hydrogen-bond acceptors (Lipinski definition) is 8. The zero-order valence-corrected chi connectivity index (χ0v) is 17.9. The lowest BCUT2D eigenvalue weighted by Crippen LogP contribution is -2.41. The topological polar surface area (TPSA) is 125 Å². The third-order valence-corrected chi connectivity index (χ3v) is 5.13. The quantitative estimate of drug-likeness (QED) is 0.356. The van der Waals surface area contributed by atoms with Crippen molar-refractivity contribution in [2.24, 2.45) is 0 Å². The number of carbonyl (C=O) groups is 2. The van der Waals surface area contributed by atoms with E-state index in [-0.39, 0.29) is 5.91 Å². The fourth-order valence-corrected chi connectivity index (χ4v) is 3.53. The molecule has 0 aliphatic carbocycles. The molecule has 2 unspecified atom stereocenters. The van der Waals surface area contributed by atoms with Crippen LogP contribution < -0.4 is 16.0 Å². The van der Waals surface area contributed by atoms with E-state index in [0.717, 1.165) is 25.2 Å². The molecule has 2 rings (SSSR count). The molecule has 1 heterocycles. The summed E-state index contributed by atoms with van der Waals surface area (Å²) in [5, 5.41) is 18.9. The van der Waals surface area contributed by atoms with Crippen molar-refractivity contribution in [1.29, 1.82) is 0 Å².